The molecule has 3 rings (SSSR count). The summed E-state index contributed by atoms with van der Waals surface area (Å²) in [5.74, 6) is -0.199. The van der Waals surface area contributed by atoms with Crippen molar-refractivity contribution in [3.8, 4) is 0 Å². The minimum absolute atomic E-state index is 0.0982. The molecule has 0 aliphatic carbocycles. The summed E-state index contributed by atoms with van der Waals surface area (Å²) in [4.78, 5) is 27.8. The molecule has 1 fully saturated rings. The smallest absolute Gasteiger partial charge is 0.279 e. The van der Waals surface area contributed by atoms with E-state index < -0.39 is 0 Å². The number of quaternary nitrogens is 1. The molecule has 6 nitrogen and oxygen atoms in total. The molecule has 1 unspecified atom stereocenters. The van der Waals surface area contributed by atoms with Gasteiger partial charge in [0.1, 0.15) is 0 Å². The SMILES string of the molecule is Cc1cccc(NC(=O)C[NH+](C)CC(=O)Nc2ccc(N3CCCC3)cc2)c1C. The molecule has 154 valence electrons. The largest absolute Gasteiger partial charge is 0.372 e. The standard InChI is InChI=1S/C23H30N4O2/c1-17-7-6-8-21(18(17)2)25-23(29)16-26(3)15-22(28)24-19-9-11-20(12-10-19)27-13-4-5-14-27/h6-12H,4-5,13-16H2,1-3H3,(H,24,28)(H,25,29)/p+1. The van der Waals surface area contributed by atoms with Crippen molar-refractivity contribution < 1.29 is 14.5 Å². The Labute approximate surface area is 172 Å². The highest BCUT2D eigenvalue weighted by Gasteiger charge is 2.16. The van der Waals surface area contributed by atoms with Gasteiger partial charge in [-0.15, -0.1) is 0 Å². The third-order valence-electron chi connectivity index (χ3n) is 5.43. The van der Waals surface area contributed by atoms with Gasteiger partial charge in [0.15, 0.2) is 13.1 Å². The molecule has 2 aromatic rings. The summed E-state index contributed by atoms with van der Waals surface area (Å²) in [6.45, 7) is 6.67. The second-order valence-electron chi connectivity index (χ2n) is 7.90. The van der Waals surface area contributed by atoms with Crippen molar-refractivity contribution in [1.29, 1.82) is 0 Å². The Morgan fingerprint density at radius 2 is 1.55 bits per heavy atom. The molecular formula is C23H31N4O2+. The van der Waals surface area contributed by atoms with Gasteiger partial charge in [-0.05, 0) is 68.1 Å². The van der Waals surface area contributed by atoms with Crippen LogP contribution in [0.25, 0.3) is 0 Å². The minimum Gasteiger partial charge on any atom is -0.372 e. The van der Waals surface area contributed by atoms with Gasteiger partial charge in [-0.3, -0.25) is 9.59 Å². The Morgan fingerprint density at radius 1 is 0.931 bits per heavy atom. The van der Waals surface area contributed by atoms with Crippen molar-refractivity contribution in [2.45, 2.75) is 26.7 Å². The van der Waals surface area contributed by atoms with Gasteiger partial charge in [-0.1, -0.05) is 12.1 Å². The summed E-state index contributed by atoms with van der Waals surface area (Å²) >= 11 is 0. The maximum Gasteiger partial charge on any atom is 0.279 e. The predicted octanol–water partition coefficient (Wildman–Crippen LogP) is 2.00. The number of anilines is 3. The number of nitrogens with zero attached hydrogens (tertiary/aromatic N) is 1. The van der Waals surface area contributed by atoms with Crippen LogP contribution in [0, 0.1) is 13.8 Å². The van der Waals surface area contributed by atoms with Gasteiger partial charge >= 0.3 is 0 Å². The summed E-state index contributed by atoms with van der Waals surface area (Å²) in [6.07, 6.45) is 2.48. The first-order chi connectivity index (χ1) is 13.9. The van der Waals surface area contributed by atoms with Crippen LogP contribution in [-0.2, 0) is 9.59 Å². The number of carbonyl (C=O) groups excluding carboxylic acids is 2. The lowest BCUT2D eigenvalue weighted by molar-refractivity contribution is -0.862. The summed E-state index contributed by atoms with van der Waals surface area (Å²) in [5, 5.41) is 5.86. The quantitative estimate of drug-likeness (QED) is 0.672. The molecule has 2 amide bonds. The molecule has 3 N–H and O–H groups in total. The molecule has 1 aliphatic heterocycles. The summed E-state index contributed by atoms with van der Waals surface area (Å²) in [6, 6.07) is 13.8. The lowest BCUT2D eigenvalue weighted by Crippen LogP contribution is -3.11. The van der Waals surface area contributed by atoms with Crippen LogP contribution in [0.2, 0.25) is 0 Å². The van der Waals surface area contributed by atoms with Crippen LogP contribution in [0.3, 0.4) is 0 Å². The highest BCUT2D eigenvalue weighted by Crippen LogP contribution is 2.22. The molecule has 0 spiro atoms. The van der Waals surface area contributed by atoms with Crippen molar-refractivity contribution in [2.75, 3.05) is 48.8 Å². The molecule has 1 saturated heterocycles. The van der Waals surface area contributed by atoms with E-state index in [2.05, 4.69) is 27.7 Å². The molecule has 0 aromatic heterocycles. The second kappa shape index (κ2) is 9.56. The van der Waals surface area contributed by atoms with Crippen molar-refractivity contribution in [1.82, 2.24) is 0 Å². The minimum atomic E-state index is -0.101. The van der Waals surface area contributed by atoms with Crippen molar-refractivity contribution >= 4 is 28.9 Å². The number of amides is 2. The molecule has 1 heterocycles. The van der Waals surface area contributed by atoms with E-state index in [1.807, 2.05) is 51.2 Å². The van der Waals surface area contributed by atoms with Gasteiger partial charge in [0.05, 0.1) is 7.05 Å². The number of hydrogen-bond donors (Lipinski definition) is 3. The van der Waals surface area contributed by atoms with Gasteiger partial charge in [0.25, 0.3) is 11.8 Å². The summed E-state index contributed by atoms with van der Waals surface area (Å²) in [7, 11) is 1.85. The Kier molecular flexibility index (Phi) is 6.88. The molecule has 0 radical (unpaired) electrons. The van der Waals surface area contributed by atoms with Crippen LogP contribution in [0.4, 0.5) is 17.1 Å². The summed E-state index contributed by atoms with van der Waals surface area (Å²) < 4.78 is 0. The van der Waals surface area contributed by atoms with E-state index in [1.165, 1.54) is 18.5 Å². The molecule has 0 bridgehead atoms. The topological polar surface area (TPSA) is 65.9 Å². The highest BCUT2D eigenvalue weighted by molar-refractivity contribution is 5.93. The third-order valence-corrected chi connectivity index (χ3v) is 5.43. The van der Waals surface area contributed by atoms with E-state index in [4.69, 9.17) is 0 Å². The Hall–Kier alpha value is -2.86. The van der Waals surface area contributed by atoms with Gasteiger partial charge in [-0.25, -0.2) is 0 Å². The van der Waals surface area contributed by atoms with Gasteiger partial charge in [-0.2, -0.15) is 0 Å². The van der Waals surface area contributed by atoms with Crippen LogP contribution in [0.15, 0.2) is 42.5 Å². The van der Waals surface area contributed by atoms with Crippen LogP contribution >= 0.6 is 0 Å². The Bertz CT molecular complexity index is 858. The van der Waals surface area contributed by atoms with E-state index in [9.17, 15) is 9.59 Å². The second-order valence-corrected chi connectivity index (χ2v) is 7.90. The number of carbonyl (C=O) groups is 2. The summed E-state index contributed by atoms with van der Waals surface area (Å²) in [5.41, 5.74) is 5.01. The lowest BCUT2D eigenvalue weighted by atomic mass is 10.1. The number of rotatable bonds is 7. The molecular weight excluding hydrogens is 364 g/mol. The first-order valence-corrected chi connectivity index (χ1v) is 10.2. The molecule has 1 atom stereocenters. The molecule has 1 aliphatic rings. The lowest BCUT2D eigenvalue weighted by Gasteiger charge is -2.18. The Balaban J connectivity index is 1.46. The van der Waals surface area contributed by atoms with E-state index in [-0.39, 0.29) is 24.9 Å². The zero-order chi connectivity index (χ0) is 20.8. The molecule has 6 heteroatoms. The van der Waals surface area contributed by atoms with Gasteiger partial charge < -0.3 is 20.4 Å². The van der Waals surface area contributed by atoms with Crippen molar-refractivity contribution in [2.24, 2.45) is 0 Å². The zero-order valence-electron chi connectivity index (χ0n) is 17.5. The Morgan fingerprint density at radius 3 is 2.21 bits per heavy atom. The van der Waals surface area contributed by atoms with Crippen LogP contribution in [-0.4, -0.2) is 45.0 Å². The maximum atomic E-state index is 12.3. The number of benzene rings is 2. The zero-order valence-corrected chi connectivity index (χ0v) is 17.5. The average Bonchev–Trinajstić information content (AvgIpc) is 3.20. The highest BCUT2D eigenvalue weighted by atomic mass is 16.2. The van der Waals surface area contributed by atoms with Crippen LogP contribution < -0.4 is 20.4 Å². The van der Waals surface area contributed by atoms with Crippen molar-refractivity contribution in [3.63, 3.8) is 0 Å². The maximum absolute atomic E-state index is 12.3. The van der Waals surface area contributed by atoms with E-state index >= 15 is 0 Å². The monoisotopic (exact) mass is 395 g/mol. The average molecular weight is 396 g/mol. The van der Waals surface area contributed by atoms with Crippen molar-refractivity contribution in [3.05, 3.63) is 53.6 Å². The van der Waals surface area contributed by atoms with Gasteiger partial charge in [0, 0.05) is 30.2 Å². The van der Waals surface area contributed by atoms with E-state index in [0.717, 1.165) is 40.5 Å². The predicted molar refractivity (Wildman–Crippen MR) is 118 cm³/mol. The first kappa shape index (κ1) is 20.9. The number of likely N-dealkylation sites (N-methyl/N-ethyl adjacent to an activating group) is 1. The van der Waals surface area contributed by atoms with E-state index in [0.29, 0.717) is 0 Å². The number of hydrogen-bond acceptors (Lipinski definition) is 3. The van der Waals surface area contributed by atoms with Gasteiger partial charge in [0.2, 0.25) is 0 Å². The molecule has 2 aromatic carbocycles. The molecule has 0 saturated carbocycles. The fourth-order valence-corrected chi connectivity index (χ4v) is 3.63. The normalized spacial score (nSPS) is 14.5. The first-order valence-electron chi connectivity index (χ1n) is 10.2. The molecule has 29 heavy (non-hydrogen) atoms. The third kappa shape index (κ3) is 5.81. The van der Waals surface area contributed by atoms with E-state index in [1.54, 1.807) is 0 Å². The van der Waals surface area contributed by atoms with Crippen LogP contribution in [0.5, 0.6) is 0 Å². The fourth-order valence-electron chi connectivity index (χ4n) is 3.63. The fraction of sp³-hybridized carbons (Fsp3) is 0.391. The number of nitrogens with one attached hydrogen (secondary N) is 3. The number of aryl methyl sites for hydroxylation is 1. The van der Waals surface area contributed by atoms with Crippen LogP contribution in [0.1, 0.15) is 24.0 Å².